The molecule has 3 aromatic rings. The predicted molar refractivity (Wildman–Crippen MR) is 142 cm³/mol. The number of β-amino-alcohol motifs (C(OH)–C–C–N with tert-alkyl or cyclic N) is 1. The zero-order valence-corrected chi connectivity index (χ0v) is 21.9. The van der Waals surface area contributed by atoms with Crippen LogP contribution in [0, 0.1) is 5.82 Å². The lowest BCUT2D eigenvalue weighted by molar-refractivity contribution is -0.00397. The summed E-state index contributed by atoms with van der Waals surface area (Å²) in [6.07, 6.45) is -0.575. The van der Waals surface area contributed by atoms with Crippen LogP contribution in [0.25, 0.3) is 11.1 Å². The number of ether oxygens (including phenoxy) is 1. The number of aromatic carboxylic acids is 1. The maximum Gasteiger partial charge on any atom is 0.336 e. The van der Waals surface area contributed by atoms with Crippen LogP contribution in [0.15, 0.2) is 60.7 Å². The largest absolute Gasteiger partial charge is 0.478 e. The lowest BCUT2D eigenvalue weighted by atomic mass is 9.94. The van der Waals surface area contributed by atoms with Crippen molar-refractivity contribution in [3.8, 4) is 11.1 Å². The zero-order valence-electron chi connectivity index (χ0n) is 21.2. The van der Waals surface area contributed by atoms with E-state index in [1.807, 2.05) is 45.0 Å². The third kappa shape index (κ3) is 7.84. The van der Waals surface area contributed by atoms with Gasteiger partial charge in [0.15, 0.2) is 0 Å². The van der Waals surface area contributed by atoms with Gasteiger partial charge >= 0.3 is 5.97 Å². The molecule has 0 aliphatic heterocycles. The molecular formula is C29H33ClFNO5. The van der Waals surface area contributed by atoms with Gasteiger partial charge in [0.2, 0.25) is 0 Å². The molecule has 3 rings (SSSR count). The van der Waals surface area contributed by atoms with Gasteiger partial charge < -0.3 is 25.4 Å². The number of carboxylic acids is 1. The molecule has 0 heterocycles. The molecule has 0 amide bonds. The van der Waals surface area contributed by atoms with Gasteiger partial charge in [0.25, 0.3) is 0 Å². The Kier molecular flexibility index (Phi) is 9.81. The standard InChI is InChI=1S/C29H33ClFNO5/c1-18(23-6-4-5-7-24(23)20-9-10-25(28(35)36)21(13-20)16-33)37-17-22(34)15-32-29(2,3)14-19-8-11-26(30)27(31)12-19/h4-13,18,22,32-34H,14-17H2,1-3H3,(H,35,36)/t18?,22-/m1/s1. The highest BCUT2D eigenvalue weighted by Crippen LogP contribution is 2.31. The first-order valence-corrected chi connectivity index (χ1v) is 12.4. The van der Waals surface area contributed by atoms with Crippen LogP contribution < -0.4 is 5.32 Å². The second kappa shape index (κ2) is 12.6. The molecule has 6 nitrogen and oxygen atoms in total. The Morgan fingerprint density at radius 3 is 2.54 bits per heavy atom. The normalized spacial score (nSPS) is 13.4. The number of aliphatic hydroxyl groups is 2. The van der Waals surface area contributed by atoms with Crippen LogP contribution in [0.4, 0.5) is 4.39 Å². The zero-order chi connectivity index (χ0) is 27.2. The summed E-state index contributed by atoms with van der Waals surface area (Å²) in [6.45, 7) is 5.83. The lowest BCUT2D eigenvalue weighted by Crippen LogP contribution is -2.46. The Bertz CT molecular complexity index is 1230. The van der Waals surface area contributed by atoms with Crippen LogP contribution in [0.5, 0.6) is 0 Å². The van der Waals surface area contributed by atoms with E-state index in [1.165, 1.54) is 18.2 Å². The molecule has 0 radical (unpaired) electrons. The second-order valence-electron chi connectivity index (χ2n) is 9.74. The van der Waals surface area contributed by atoms with Gasteiger partial charge in [0.1, 0.15) is 5.82 Å². The highest BCUT2D eigenvalue weighted by atomic mass is 35.5. The predicted octanol–water partition coefficient (Wildman–Crippen LogP) is 5.39. The minimum atomic E-state index is -1.09. The Morgan fingerprint density at radius 2 is 1.86 bits per heavy atom. The average molecular weight is 530 g/mol. The SMILES string of the molecule is CC(OC[C@H](O)CNC(C)(C)Cc1ccc(Cl)c(F)c1)c1ccccc1-c1ccc(C(=O)O)c(CO)c1. The van der Waals surface area contributed by atoms with E-state index in [0.29, 0.717) is 12.0 Å². The highest BCUT2D eigenvalue weighted by Gasteiger charge is 2.21. The molecule has 0 fully saturated rings. The smallest absolute Gasteiger partial charge is 0.336 e. The van der Waals surface area contributed by atoms with E-state index in [9.17, 15) is 24.5 Å². The van der Waals surface area contributed by atoms with E-state index >= 15 is 0 Å². The Hall–Kier alpha value is -2.81. The molecule has 0 saturated carbocycles. The van der Waals surface area contributed by atoms with Crippen molar-refractivity contribution in [1.29, 1.82) is 0 Å². The monoisotopic (exact) mass is 529 g/mol. The topological polar surface area (TPSA) is 99.0 Å². The van der Waals surface area contributed by atoms with Crippen molar-refractivity contribution in [3.05, 3.63) is 93.8 Å². The highest BCUT2D eigenvalue weighted by molar-refractivity contribution is 6.30. The van der Waals surface area contributed by atoms with Crippen molar-refractivity contribution in [3.63, 3.8) is 0 Å². The molecule has 2 atom stereocenters. The van der Waals surface area contributed by atoms with Gasteiger partial charge in [-0.1, -0.05) is 48.0 Å². The molecule has 198 valence electrons. The second-order valence-corrected chi connectivity index (χ2v) is 10.1. The van der Waals surface area contributed by atoms with Crippen molar-refractivity contribution in [1.82, 2.24) is 5.32 Å². The van der Waals surface area contributed by atoms with Crippen LogP contribution in [-0.2, 0) is 17.8 Å². The molecule has 37 heavy (non-hydrogen) atoms. The molecule has 0 aromatic heterocycles. The minimum absolute atomic E-state index is 0.0628. The van der Waals surface area contributed by atoms with Crippen LogP contribution in [0.1, 0.15) is 53.9 Å². The van der Waals surface area contributed by atoms with Gasteiger partial charge in [-0.05, 0) is 79.3 Å². The van der Waals surface area contributed by atoms with E-state index in [1.54, 1.807) is 18.2 Å². The van der Waals surface area contributed by atoms with E-state index in [-0.39, 0.29) is 36.4 Å². The van der Waals surface area contributed by atoms with E-state index in [2.05, 4.69) is 5.32 Å². The molecule has 0 aliphatic rings. The van der Waals surface area contributed by atoms with Crippen LogP contribution >= 0.6 is 11.6 Å². The fourth-order valence-electron chi connectivity index (χ4n) is 4.24. The first kappa shape index (κ1) is 28.8. The van der Waals surface area contributed by atoms with Gasteiger partial charge in [-0.25, -0.2) is 9.18 Å². The lowest BCUT2D eigenvalue weighted by Gasteiger charge is -2.28. The number of rotatable bonds is 12. The number of hydrogen-bond acceptors (Lipinski definition) is 5. The number of aliphatic hydroxyl groups excluding tert-OH is 2. The number of nitrogens with one attached hydrogen (secondary N) is 1. The van der Waals surface area contributed by atoms with Crippen LogP contribution in [0.2, 0.25) is 5.02 Å². The van der Waals surface area contributed by atoms with Gasteiger partial charge in [0.05, 0.1) is 36.0 Å². The van der Waals surface area contributed by atoms with E-state index in [0.717, 1.165) is 22.3 Å². The summed E-state index contributed by atoms with van der Waals surface area (Å²) >= 11 is 5.77. The van der Waals surface area contributed by atoms with Gasteiger partial charge in [-0.3, -0.25) is 0 Å². The maximum absolute atomic E-state index is 13.8. The van der Waals surface area contributed by atoms with Crippen LogP contribution in [-0.4, -0.2) is 46.1 Å². The first-order valence-electron chi connectivity index (χ1n) is 12.1. The van der Waals surface area contributed by atoms with Gasteiger partial charge in [0, 0.05) is 12.1 Å². The fourth-order valence-corrected chi connectivity index (χ4v) is 4.35. The van der Waals surface area contributed by atoms with Crippen molar-refractivity contribution in [2.24, 2.45) is 0 Å². The van der Waals surface area contributed by atoms with Gasteiger partial charge in [-0.15, -0.1) is 0 Å². The van der Waals surface area contributed by atoms with Crippen molar-refractivity contribution >= 4 is 17.6 Å². The van der Waals surface area contributed by atoms with E-state index in [4.69, 9.17) is 16.3 Å². The van der Waals surface area contributed by atoms with Crippen molar-refractivity contribution in [2.75, 3.05) is 13.2 Å². The fraction of sp³-hybridized carbons (Fsp3) is 0.345. The Balaban J connectivity index is 1.61. The average Bonchev–Trinajstić information content (AvgIpc) is 2.87. The van der Waals surface area contributed by atoms with Crippen molar-refractivity contribution < 1.29 is 29.2 Å². The summed E-state index contributed by atoms with van der Waals surface area (Å²) in [4.78, 5) is 11.4. The number of hydrogen-bond donors (Lipinski definition) is 4. The number of benzene rings is 3. The summed E-state index contributed by atoms with van der Waals surface area (Å²) in [5.41, 5.74) is 3.29. The van der Waals surface area contributed by atoms with Crippen molar-refractivity contribution in [2.45, 2.75) is 51.5 Å². The van der Waals surface area contributed by atoms with Gasteiger partial charge in [-0.2, -0.15) is 0 Å². The third-order valence-electron chi connectivity index (χ3n) is 6.20. The summed E-state index contributed by atoms with van der Waals surface area (Å²) in [5, 5.41) is 32.9. The molecule has 0 bridgehead atoms. The number of halogens is 2. The molecule has 8 heteroatoms. The van der Waals surface area contributed by atoms with E-state index < -0.39 is 23.4 Å². The molecule has 0 saturated heterocycles. The Morgan fingerprint density at radius 1 is 1.14 bits per heavy atom. The molecule has 0 aliphatic carbocycles. The molecular weight excluding hydrogens is 497 g/mol. The number of carboxylic acid groups (broad SMARTS) is 1. The number of carbonyl (C=O) groups is 1. The molecule has 0 spiro atoms. The summed E-state index contributed by atoms with van der Waals surface area (Å²) < 4.78 is 19.8. The maximum atomic E-state index is 13.8. The quantitative estimate of drug-likeness (QED) is 0.251. The molecule has 3 aromatic carbocycles. The molecule has 4 N–H and O–H groups in total. The third-order valence-corrected chi connectivity index (χ3v) is 6.51. The minimum Gasteiger partial charge on any atom is -0.478 e. The first-order chi connectivity index (χ1) is 17.5. The molecule has 1 unspecified atom stereocenters. The van der Waals surface area contributed by atoms with Crippen LogP contribution in [0.3, 0.4) is 0 Å². The summed E-state index contributed by atoms with van der Waals surface area (Å²) in [7, 11) is 0. The summed E-state index contributed by atoms with van der Waals surface area (Å²) in [6, 6.07) is 17.2. The Labute approximate surface area is 221 Å². The summed E-state index contributed by atoms with van der Waals surface area (Å²) in [5.74, 6) is -1.55.